The minimum Gasteiger partial charge on any atom is -0.458 e. The van der Waals surface area contributed by atoms with Gasteiger partial charge in [0.2, 0.25) is 0 Å². The van der Waals surface area contributed by atoms with Crippen LogP contribution in [0.4, 0.5) is 9.59 Å². The zero-order valence-corrected chi connectivity index (χ0v) is 22.5. The first kappa shape index (κ1) is 30.2. The van der Waals surface area contributed by atoms with Crippen molar-refractivity contribution in [3.05, 3.63) is 24.3 Å². The van der Waals surface area contributed by atoms with Gasteiger partial charge in [0.15, 0.2) is 0 Å². The first-order valence-corrected chi connectivity index (χ1v) is 13.1. The molecule has 6 atom stereocenters. The Hall–Kier alpha value is -3.04. The molecule has 37 heavy (non-hydrogen) atoms. The van der Waals surface area contributed by atoms with E-state index in [9.17, 15) is 19.2 Å². The van der Waals surface area contributed by atoms with Crippen molar-refractivity contribution in [2.45, 2.75) is 72.0 Å². The quantitative estimate of drug-likeness (QED) is 0.200. The number of esters is 2. The molecule has 0 aliphatic heterocycles. The number of rotatable bonds is 14. The minimum absolute atomic E-state index is 0.0110. The lowest BCUT2D eigenvalue weighted by molar-refractivity contribution is -0.146. The molecule has 0 spiro atoms. The number of ether oxygens (including phenoxy) is 4. The Morgan fingerprint density at radius 2 is 1.41 bits per heavy atom. The molecule has 2 bridgehead atoms. The molecule has 10 nitrogen and oxygen atoms in total. The zero-order valence-electron chi connectivity index (χ0n) is 22.5. The standard InChI is InChI=1S/C27H42N2O8/c1-7-20(36-25(31)17(5)6)15-35-26(32)29-13-23-18-9-10-22(23)19(11-18)12-28-27(33)37-21(8-2)14-34-24(30)16(3)4/h18-23H,3,5,7-15H2,1-2,4,6H3,(H,28,33)(H,29,32). The van der Waals surface area contributed by atoms with E-state index in [1.165, 1.54) is 0 Å². The van der Waals surface area contributed by atoms with E-state index in [4.69, 9.17) is 18.9 Å². The summed E-state index contributed by atoms with van der Waals surface area (Å²) in [7, 11) is 0. The van der Waals surface area contributed by atoms with Crippen LogP contribution in [0, 0.1) is 23.7 Å². The van der Waals surface area contributed by atoms with Crippen LogP contribution in [0.5, 0.6) is 0 Å². The van der Waals surface area contributed by atoms with Gasteiger partial charge in [0, 0.05) is 24.2 Å². The summed E-state index contributed by atoms with van der Waals surface area (Å²) in [5, 5.41) is 5.71. The van der Waals surface area contributed by atoms with Gasteiger partial charge in [-0.3, -0.25) is 0 Å². The second-order valence-electron chi connectivity index (χ2n) is 10.1. The Balaban J connectivity index is 1.71. The van der Waals surface area contributed by atoms with Crippen molar-refractivity contribution in [1.29, 1.82) is 0 Å². The molecule has 2 amide bonds. The van der Waals surface area contributed by atoms with Crippen LogP contribution >= 0.6 is 0 Å². The van der Waals surface area contributed by atoms with Crippen LogP contribution in [-0.2, 0) is 28.5 Å². The lowest BCUT2D eigenvalue weighted by Gasteiger charge is -2.23. The summed E-state index contributed by atoms with van der Waals surface area (Å²) in [6.45, 7) is 14.9. The fraction of sp³-hybridized carbons (Fsp3) is 0.704. The minimum atomic E-state index is -0.535. The number of alkyl carbamates (subject to hydrolysis) is 2. The number of fused-ring (bicyclic) bond motifs is 2. The predicted molar refractivity (Wildman–Crippen MR) is 136 cm³/mol. The molecule has 2 fully saturated rings. The molecular formula is C27H42N2O8. The monoisotopic (exact) mass is 522 g/mol. The first-order chi connectivity index (χ1) is 17.5. The fourth-order valence-electron chi connectivity index (χ4n) is 5.02. The van der Waals surface area contributed by atoms with E-state index in [0.29, 0.717) is 60.7 Å². The van der Waals surface area contributed by atoms with Crippen molar-refractivity contribution in [3.63, 3.8) is 0 Å². The summed E-state index contributed by atoms with van der Waals surface area (Å²) >= 11 is 0. The Morgan fingerprint density at radius 3 is 2.03 bits per heavy atom. The molecule has 208 valence electrons. The van der Waals surface area contributed by atoms with Gasteiger partial charge < -0.3 is 29.6 Å². The molecule has 2 N–H and O–H groups in total. The van der Waals surface area contributed by atoms with E-state index in [2.05, 4.69) is 23.8 Å². The average Bonchev–Trinajstić information content (AvgIpc) is 3.42. The smallest absolute Gasteiger partial charge is 0.407 e. The SMILES string of the molecule is C=C(C)C(=O)OCC(CC)OC(=O)NCC1CC2CCC1C2CNC(=O)OCC(CC)OC(=O)C(=C)C. The molecule has 6 unspecified atom stereocenters. The van der Waals surface area contributed by atoms with Gasteiger partial charge in [-0.1, -0.05) is 27.0 Å². The van der Waals surface area contributed by atoms with Gasteiger partial charge in [0.25, 0.3) is 0 Å². The van der Waals surface area contributed by atoms with E-state index in [-0.39, 0.29) is 13.2 Å². The summed E-state index contributed by atoms with van der Waals surface area (Å²) in [6.07, 6.45) is 2.07. The molecule has 2 rings (SSSR count). The third-order valence-corrected chi connectivity index (χ3v) is 7.18. The molecule has 2 aliphatic rings. The highest BCUT2D eigenvalue weighted by Gasteiger charge is 2.47. The van der Waals surface area contributed by atoms with E-state index in [1.807, 2.05) is 13.8 Å². The van der Waals surface area contributed by atoms with E-state index in [1.54, 1.807) is 13.8 Å². The lowest BCUT2D eigenvalue weighted by atomic mass is 9.88. The van der Waals surface area contributed by atoms with Gasteiger partial charge in [-0.2, -0.15) is 0 Å². The topological polar surface area (TPSA) is 129 Å². The summed E-state index contributed by atoms with van der Waals surface area (Å²) < 4.78 is 21.0. The summed E-state index contributed by atoms with van der Waals surface area (Å²) in [4.78, 5) is 47.8. The summed E-state index contributed by atoms with van der Waals surface area (Å²) in [5.74, 6) is 0.495. The third-order valence-electron chi connectivity index (χ3n) is 7.18. The number of amides is 2. The van der Waals surface area contributed by atoms with E-state index in [0.717, 1.165) is 19.3 Å². The normalized spacial score (nSPS) is 23.4. The van der Waals surface area contributed by atoms with Gasteiger partial charge in [-0.15, -0.1) is 0 Å². The zero-order chi connectivity index (χ0) is 27.5. The van der Waals surface area contributed by atoms with Crippen LogP contribution in [0.2, 0.25) is 0 Å². The van der Waals surface area contributed by atoms with Crippen molar-refractivity contribution in [3.8, 4) is 0 Å². The Labute approximate surface area is 219 Å². The van der Waals surface area contributed by atoms with Crippen LogP contribution in [0.25, 0.3) is 0 Å². The van der Waals surface area contributed by atoms with Crippen molar-refractivity contribution in [1.82, 2.24) is 10.6 Å². The van der Waals surface area contributed by atoms with Gasteiger partial charge in [-0.25, -0.2) is 19.2 Å². The molecule has 0 aromatic heterocycles. The Morgan fingerprint density at radius 1 is 0.811 bits per heavy atom. The molecule has 0 radical (unpaired) electrons. The third kappa shape index (κ3) is 9.40. The highest BCUT2D eigenvalue weighted by Crippen LogP contribution is 2.52. The Kier molecular flexibility index (Phi) is 11.9. The van der Waals surface area contributed by atoms with Crippen molar-refractivity contribution < 1.29 is 38.1 Å². The van der Waals surface area contributed by atoms with Crippen molar-refractivity contribution >= 4 is 24.1 Å². The van der Waals surface area contributed by atoms with Gasteiger partial charge >= 0.3 is 24.1 Å². The summed E-state index contributed by atoms with van der Waals surface area (Å²) in [5.41, 5.74) is 0.591. The lowest BCUT2D eigenvalue weighted by Crippen LogP contribution is -2.37. The van der Waals surface area contributed by atoms with Crippen LogP contribution in [-0.4, -0.2) is 62.6 Å². The Bertz CT molecular complexity index is 857. The maximum Gasteiger partial charge on any atom is 0.407 e. The van der Waals surface area contributed by atoms with Crippen molar-refractivity contribution in [2.75, 3.05) is 26.3 Å². The van der Waals surface area contributed by atoms with Gasteiger partial charge in [0.05, 0.1) is 0 Å². The average molecular weight is 523 g/mol. The second kappa shape index (κ2) is 14.6. The molecule has 0 aromatic rings. The van der Waals surface area contributed by atoms with Crippen LogP contribution in [0.3, 0.4) is 0 Å². The fourth-order valence-corrected chi connectivity index (χ4v) is 5.02. The molecule has 0 saturated heterocycles. The molecule has 2 aliphatic carbocycles. The van der Waals surface area contributed by atoms with Crippen molar-refractivity contribution in [2.24, 2.45) is 23.7 Å². The van der Waals surface area contributed by atoms with Crippen LogP contribution in [0.1, 0.15) is 59.8 Å². The first-order valence-electron chi connectivity index (χ1n) is 13.1. The highest BCUT2D eigenvalue weighted by molar-refractivity contribution is 5.87. The van der Waals surface area contributed by atoms with E-state index >= 15 is 0 Å². The number of hydrogen-bond donors (Lipinski definition) is 2. The largest absolute Gasteiger partial charge is 0.458 e. The second-order valence-corrected chi connectivity index (χ2v) is 10.1. The highest BCUT2D eigenvalue weighted by atomic mass is 16.6. The number of carbonyl (C=O) groups is 4. The maximum atomic E-state index is 12.3. The predicted octanol–water partition coefficient (Wildman–Crippen LogP) is 3.90. The molecule has 10 heteroatoms. The van der Waals surface area contributed by atoms with Gasteiger partial charge in [0.1, 0.15) is 25.4 Å². The van der Waals surface area contributed by atoms with Crippen LogP contribution in [0.15, 0.2) is 24.3 Å². The maximum absolute atomic E-state index is 12.3. The molecular weight excluding hydrogens is 480 g/mol. The van der Waals surface area contributed by atoms with Gasteiger partial charge in [-0.05, 0) is 69.6 Å². The molecule has 2 saturated carbocycles. The van der Waals surface area contributed by atoms with Crippen LogP contribution < -0.4 is 10.6 Å². The molecule has 0 heterocycles. The number of carbonyl (C=O) groups excluding carboxylic acids is 4. The molecule has 0 aromatic carbocycles. The van der Waals surface area contributed by atoms with E-state index < -0.39 is 36.3 Å². The number of nitrogens with one attached hydrogen (secondary N) is 2. The number of hydrogen-bond acceptors (Lipinski definition) is 8. The summed E-state index contributed by atoms with van der Waals surface area (Å²) in [6, 6.07) is 0.